The van der Waals surface area contributed by atoms with Gasteiger partial charge in [0.25, 0.3) is 0 Å². The molecule has 20 heavy (non-hydrogen) atoms. The molecule has 1 aromatic carbocycles. The molecule has 1 fully saturated rings. The van der Waals surface area contributed by atoms with Crippen LogP contribution < -0.4 is 0 Å². The summed E-state index contributed by atoms with van der Waals surface area (Å²) in [7, 11) is 0. The summed E-state index contributed by atoms with van der Waals surface area (Å²) in [6.45, 7) is 7.67. The lowest BCUT2D eigenvalue weighted by molar-refractivity contribution is 0.0527. The van der Waals surface area contributed by atoms with Crippen LogP contribution in [-0.2, 0) is 0 Å². The van der Waals surface area contributed by atoms with Gasteiger partial charge in [0.2, 0.25) is 0 Å². The van der Waals surface area contributed by atoms with Crippen LogP contribution in [0.4, 0.5) is 0 Å². The van der Waals surface area contributed by atoms with Gasteiger partial charge in [-0.15, -0.1) is 0 Å². The molecule has 0 spiro atoms. The maximum Gasteiger partial charge on any atom is 0.179 e. The second kappa shape index (κ2) is 6.51. The van der Waals surface area contributed by atoms with Crippen LogP contribution in [0, 0.1) is 12.8 Å². The predicted molar refractivity (Wildman–Crippen MR) is 80.9 cm³/mol. The molecular weight excluding hydrogens is 250 g/mol. The van der Waals surface area contributed by atoms with Crippen LogP contribution in [0.3, 0.4) is 0 Å². The van der Waals surface area contributed by atoms with E-state index < -0.39 is 0 Å². The molecule has 1 aliphatic rings. The molecule has 0 bridgehead atoms. The molecule has 110 valence electrons. The second-order valence-electron chi connectivity index (χ2n) is 6.02. The van der Waals surface area contributed by atoms with Crippen LogP contribution in [0.5, 0.6) is 0 Å². The van der Waals surface area contributed by atoms with Crippen LogP contribution in [0.15, 0.2) is 24.3 Å². The zero-order valence-electron chi connectivity index (χ0n) is 12.7. The molecular formula is C17H25NO2. The predicted octanol–water partition coefficient (Wildman–Crippen LogP) is 2.66. The van der Waals surface area contributed by atoms with Crippen molar-refractivity contribution in [3.05, 3.63) is 35.4 Å². The third-order valence-electron chi connectivity index (χ3n) is 4.52. The fraction of sp³-hybridized carbons (Fsp3) is 0.588. The number of rotatable bonds is 4. The van der Waals surface area contributed by atoms with Crippen molar-refractivity contribution in [3.8, 4) is 0 Å². The number of likely N-dealkylation sites (tertiary alicyclic amines) is 1. The Hall–Kier alpha value is -1.19. The lowest BCUT2D eigenvalue weighted by Gasteiger charge is -2.36. The number of nitrogens with zero attached hydrogens (tertiary/aromatic N) is 1. The van der Waals surface area contributed by atoms with Crippen LogP contribution >= 0.6 is 0 Å². The Balaban J connectivity index is 1.96. The molecule has 2 unspecified atom stereocenters. The van der Waals surface area contributed by atoms with Crippen molar-refractivity contribution in [1.29, 1.82) is 0 Å². The summed E-state index contributed by atoms with van der Waals surface area (Å²) in [5.41, 5.74) is 1.97. The minimum atomic E-state index is -0.236. The Bertz CT molecular complexity index is 445. The van der Waals surface area contributed by atoms with Crippen molar-refractivity contribution < 1.29 is 9.90 Å². The fourth-order valence-electron chi connectivity index (χ4n) is 2.91. The summed E-state index contributed by atoms with van der Waals surface area (Å²) < 4.78 is 0. The SMILES string of the molecule is Cc1ccc(C(=O)C(C)N2CCC(C(C)O)CC2)cc1. The number of hydrogen-bond acceptors (Lipinski definition) is 3. The van der Waals surface area contributed by atoms with Gasteiger partial charge in [0.1, 0.15) is 0 Å². The molecule has 0 aromatic heterocycles. The van der Waals surface area contributed by atoms with Crippen molar-refractivity contribution in [2.45, 2.75) is 45.8 Å². The van der Waals surface area contributed by atoms with Gasteiger partial charge in [-0.3, -0.25) is 9.69 Å². The van der Waals surface area contributed by atoms with Crippen LogP contribution in [0.25, 0.3) is 0 Å². The summed E-state index contributed by atoms with van der Waals surface area (Å²) in [4.78, 5) is 14.7. The van der Waals surface area contributed by atoms with Gasteiger partial charge in [-0.2, -0.15) is 0 Å². The van der Waals surface area contributed by atoms with Crippen molar-refractivity contribution in [3.63, 3.8) is 0 Å². The minimum absolute atomic E-state index is 0.0762. The maximum atomic E-state index is 12.5. The van der Waals surface area contributed by atoms with E-state index in [0.29, 0.717) is 5.92 Å². The van der Waals surface area contributed by atoms with E-state index in [1.807, 2.05) is 45.0 Å². The average molecular weight is 275 g/mol. The van der Waals surface area contributed by atoms with Gasteiger partial charge in [0, 0.05) is 5.56 Å². The molecule has 1 aliphatic heterocycles. The molecule has 2 atom stereocenters. The van der Waals surface area contributed by atoms with E-state index in [9.17, 15) is 9.90 Å². The standard InChI is InChI=1S/C17H25NO2/c1-12-4-6-16(7-5-12)17(20)13(2)18-10-8-15(9-11-18)14(3)19/h4-7,13-15,19H,8-11H2,1-3H3. The number of carbonyl (C=O) groups excluding carboxylic acids is 1. The summed E-state index contributed by atoms with van der Waals surface area (Å²) in [6.07, 6.45) is 1.71. The average Bonchev–Trinajstić information content (AvgIpc) is 2.46. The van der Waals surface area contributed by atoms with Gasteiger partial charge in [-0.25, -0.2) is 0 Å². The number of carbonyl (C=O) groups is 1. The lowest BCUT2D eigenvalue weighted by Crippen LogP contribution is -2.45. The monoisotopic (exact) mass is 275 g/mol. The van der Waals surface area contributed by atoms with Gasteiger partial charge in [0.15, 0.2) is 5.78 Å². The number of Topliss-reactive ketones (excluding diaryl/α,β-unsaturated/α-hetero) is 1. The smallest absolute Gasteiger partial charge is 0.179 e. The van der Waals surface area contributed by atoms with E-state index >= 15 is 0 Å². The Morgan fingerprint density at radius 2 is 1.75 bits per heavy atom. The molecule has 1 aromatic rings. The minimum Gasteiger partial charge on any atom is -0.393 e. The van der Waals surface area contributed by atoms with E-state index in [2.05, 4.69) is 4.90 Å². The summed E-state index contributed by atoms with van der Waals surface area (Å²) in [5.74, 6) is 0.577. The summed E-state index contributed by atoms with van der Waals surface area (Å²) >= 11 is 0. The summed E-state index contributed by atoms with van der Waals surface area (Å²) in [5, 5.41) is 9.63. The van der Waals surface area contributed by atoms with Gasteiger partial charge < -0.3 is 5.11 Å². The first-order chi connectivity index (χ1) is 9.49. The molecule has 3 heteroatoms. The number of benzene rings is 1. The number of aryl methyl sites for hydroxylation is 1. The van der Waals surface area contributed by atoms with Crippen LogP contribution in [0.2, 0.25) is 0 Å². The highest BCUT2D eigenvalue weighted by Gasteiger charge is 2.28. The van der Waals surface area contributed by atoms with Crippen molar-refractivity contribution in [2.24, 2.45) is 5.92 Å². The van der Waals surface area contributed by atoms with Crippen molar-refractivity contribution in [2.75, 3.05) is 13.1 Å². The number of ketones is 1. The number of hydrogen-bond donors (Lipinski definition) is 1. The molecule has 0 saturated carbocycles. The molecule has 1 saturated heterocycles. The van der Waals surface area contributed by atoms with E-state index in [-0.39, 0.29) is 17.9 Å². The topological polar surface area (TPSA) is 40.5 Å². The van der Waals surface area contributed by atoms with Gasteiger partial charge in [-0.05, 0) is 52.6 Å². The second-order valence-corrected chi connectivity index (χ2v) is 6.02. The summed E-state index contributed by atoms with van der Waals surface area (Å²) in [6, 6.07) is 7.72. The van der Waals surface area contributed by atoms with E-state index in [1.165, 1.54) is 5.56 Å². The van der Waals surface area contributed by atoms with Crippen molar-refractivity contribution >= 4 is 5.78 Å². The Morgan fingerprint density at radius 1 is 1.20 bits per heavy atom. The Kier molecular flexibility index (Phi) is 4.95. The first kappa shape index (κ1) is 15.2. The quantitative estimate of drug-likeness (QED) is 0.859. The first-order valence-electron chi connectivity index (χ1n) is 7.52. The Labute approximate surface area is 121 Å². The molecule has 1 heterocycles. The highest BCUT2D eigenvalue weighted by molar-refractivity contribution is 5.99. The molecule has 1 N–H and O–H groups in total. The largest absolute Gasteiger partial charge is 0.393 e. The van der Waals surface area contributed by atoms with E-state index in [0.717, 1.165) is 31.5 Å². The number of aliphatic hydroxyl groups is 1. The van der Waals surface area contributed by atoms with Gasteiger partial charge >= 0.3 is 0 Å². The van der Waals surface area contributed by atoms with E-state index in [4.69, 9.17) is 0 Å². The molecule has 2 rings (SSSR count). The zero-order valence-corrected chi connectivity index (χ0v) is 12.7. The first-order valence-corrected chi connectivity index (χ1v) is 7.52. The number of aliphatic hydroxyl groups excluding tert-OH is 1. The normalized spacial score (nSPS) is 20.6. The van der Waals surface area contributed by atoms with Crippen LogP contribution in [-0.4, -0.2) is 41.0 Å². The highest BCUT2D eigenvalue weighted by atomic mass is 16.3. The Morgan fingerprint density at radius 3 is 2.25 bits per heavy atom. The zero-order chi connectivity index (χ0) is 14.7. The molecule has 0 radical (unpaired) electrons. The third-order valence-corrected chi connectivity index (χ3v) is 4.52. The van der Waals surface area contributed by atoms with Gasteiger partial charge in [-0.1, -0.05) is 29.8 Å². The molecule has 0 amide bonds. The van der Waals surface area contributed by atoms with Crippen LogP contribution in [0.1, 0.15) is 42.6 Å². The molecule has 3 nitrogen and oxygen atoms in total. The van der Waals surface area contributed by atoms with E-state index in [1.54, 1.807) is 0 Å². The van der Waals surface area contributed by atoms with Gasteiger partial charge in [0.05, 0.1) is 12.1 Å². The number of piperidine rings is 1. The lowest BCUT2D eigenvalue weighted by atomic mass is 9.90. The fourth-order valence-corrected chi connectivity index (χ4v) is 2.91. The third kappa shape index (κ3) is 3.47. The maximum absolute atomic E-state index is 12.5. The molecule has 0 aliphatic carbocycles. The van der Waals surface area contributed by atoms with Crippen molar-refractivity contribution in [1.82, 2.24) is 4.90 Å². The highest BCUT2D eigenvalue weighted by Crippen LogP contribution is 2.23.